The van der Waals surface area contributed by atoms with Gasteiger partial charge >= 0.3 is 0 Å². The molecule has 1 aliphatic heterocycles. The van der Waals surface area contributed by atoms with Crippen LogP contribution in [-0.4, -0.2) is 29.6 Å². The Balaban J connectivity index is 1.62. The van der Waals surface area contributed by atoms with Crippen LogP contribution in [0.25, 0.3) is 0 Å². The molecule has 0 radical (unpaired) electrons. The van der Waals surface area contributed by atoms with Crippen molar-refractivity contribution in [3.63, 3.8) is 0 Å². The van der Waals surface area contributed by atoms with E-state index in [1.165, 1.54) is 18.9 Å². The van der Waals surface area contributed by atoms with E-state index in [9.17, 15) is 8.78 Å². The Hall–Kier alpha value is -1.00. The Morgan fingerprint density at radius 3 is 2.70 bits per heavy atom. The monoisotopic (exact) mass is 280 g/mol. The van der Waals surface area contributed by atoms with Crippen molar-refractivity contribution < 1.29 is 8.78 Å². The second-order valence-corrected chi connectivity index (χ2v) is 6.26. The summed E-state index contributed by atoms with van der Waals surface area (Å²) in [6.45, 7) is 5.25. The summed E-state index contributed by atoms with van der Waals surface area (Å²) in [7, 11) is 0. The zero-order chi connectivity index (χ0) is 14.3. The first kappa shape index (κ1) is 14.0. The van der Waals surface area contributed by atoms with Crippen LogP contribution in [0.4, 0.5) is 8.78 Å². The molecule has 2 fully saturated rings. The second-order valence-electron chi connectivity index (χ2n) is 6.26. The predicted octanol–water partition coefficient (Wildman–Crippen LogP) is 3.24. The normalized spacial score (nSPS) is 28.8. The van der Waals surface area contributed by atoms with Crippen molar-refractivity contribution in [2.45, 2.75) is 57.3 Å². The van der Waals surface area contributed by atoms with Crippen molar-refractivity contribution in [3.05, 3.63) is 35.4 Å². The number of likely N-dealkylation sites (tertiary alicyclic amines) is 1. The van der Waals surface area contributed by atoms with Crippen LogP contribution < -0.4 is 5.32 Å². The van der Waals surface area contributed by atoms with Crippen molar-refractivity contribution in [1.29, 1.82) is 0 Å². The lowest BCUT2D eigenvalue weighted by Crippen LogP contribution is -2.35. The molecule has 0 amide bonds. The topological polar surface area (TPSA) is 15.3 Å². The number of nitrogens with zero attached hydrogens (tertiary/aromatic N) is 1. The molecule has 20 heavy (non-hydrogen) atoms. The van der Waals surface area contributed by atoms with Gasteiger partial charge in [0.1, 0.15) is 11.6 Å². The van der Waals surface area contributed by atoms with Gasteiger partial charge in [0.2, 0.25) is 0 Å². The van der Waals surface area contributed by atoms with Crippen molar-refractivity contribution in [2.24, 2.45) is 0 Å². The molecule has 0 spiro atoms. The molecule has 1 saturated heterocycles. The third-order valence-corrected chi connectivity index (χ3v) is 4.55. The minimum Gasteiger partial charge on any atom is -0.306 e. The molecule has 1 aromatic rings. The van der Waals surface area contributed by atoms with Gasteiger partial charge < -0.3 is 5.32 Å². The third-order valence-electron chi connectivity index (χ3n) is 4.55. The highest BCUT2D eigenvalue weighted by molar-refractivity contribution is 5.22. The fourth-order valence-electron chi connectivity index (χ4n) is 3.39. The molecule has 2 nitrogen and oxygen atoms in total. The molecule has 0 aromatic heterocycles. The van der Waals surface area contributed by atoms with Gasteiger partial charge in [0.15, 0.2) is 0 Å². The predicted molar refractivity (Wildman–Crippen MR) is 75.5 cm³/mol. The van der Waals surface area contributed by atoms with Gasteiger partial charge in [-0.15, -0.1) is 0 Å². The van der Waals surface area contributed by atoms with Crippen molar-refractivity contribution >= 4 is 0 Å². The maximum absolute atomic E-state index is 13.8. The van der Waals surface area contributed by atoms with Gasteiger partial charge in [0.05, 0.1) is 0 Å². The highest BCUT2D eigenvalue weighted by Crippen LogP contribution is 2.34. The summed E-state index contributed by atoms with van der Waals surface area (Å²) in [6.07, 6.45) is 3.74. The Morgan fingerprint density at radius 2 is 2.05 bits per heavy atom. The maximum Gasteiger partial charge on any atom is 0.130 e. The standard InChI is InChI=1S/C16H22F2N2/c1-10-7-13(9-20(10)14-4-5-14)19-11(2)15-6-3-12(17)8-16(15)18/h3,6,8,10-11,13-14,19H,4-5,7,9H2,1-2H3. The second kappa shape index (κ2) is 5.41. The van der Waals surface area contributed by atoms with E-state index in [1.54, 1.807) is 6.07 Å². The first-order chi connectivity index (χ1) is 9.54. The molecule has 1 aliphatic carbocycles. The first-order valence-corrected chi connectivity index (χ1v) is 7.51. The summed E-state index contributed by atoms with van der Waals surface area (Å²) in [5.74, 6) is -0.983. The highest BCUT2D eigenvalue weighted by atomic mass is 19.1. The summed E-state index contributed by atoms with van der Waals surface area (Å²) in [4.78, 5) is 2.56. The molecule has 4 heteroatoms. The number of rotatable bonds is 4. The smallest absolute Gasteiger partial charge is 0.130 e. The molecular formula is C16H22F2N2. The number of hydrogen-bond donors (Lipinski definition) is 1. The largest absolute Gasteiger partial charge is 0.306 e. The van der Waals surface area contributed by atoms with E-state index in [4.69, 9.17) is 0 Å². The fraction of sp³-hybridized carbons (Fsp3) is 0.625. The van der Waals surface area contributed by atoms with Crippen LogP contribution in [0, 0.1) is 11.6 Å². The Kier molecular flexibility index (Phi) is 3.78. The zero-order valence-electron chi connectivity index (χ0n) is 12.1. The van der Waals surface area contributed by atoms with Crippen LogP contribution in [-0.2, 0) is 0 Å². The number of hydrogen-bond acceptors (Lipinski definition) is 2. The molecule has 3 unspecified atom stereocenters. The Morgan fingerprint density at radius 1 is 1.30 bits per heavy atom. The number of halogens is 2. The quantitative estimate of drug-likeness (QED) is 0.911. The van der Waals surface area contributed by atoms with E-state index >= 15 is 0 Å². The first-order valence-electron chi connectivity index (χ1n) is 7.51. The summed E-state index contributed by atoms with van der Waals surface area (Å²) in [5.41, 5.74) is 0.545. The van der Waals surface area contributed by atoms with Gasteiger partial charge in [0.25, 0.3) is 0 Å². The number of benzene rings is 1. The lowest BCUT2D eigenvalue weighted by atomic mass is 10.1. The molecule has 3 atom stereocenters. The third kappa shape index (κ3) is 2.86. The molecule has 2 aliphatic rings. The lowest BCUT2D eigenvalue weighted by molar-refractivity contribution is 0.254. The highest BCUT2D eigenvalue weighted by Gasteiger charge is 2.39. The molecule has 0 bridgehead atoms. The molecular weight excluding hydrogens is 258 g/mol. The van der Waals surface area contributed by atoms with E-state index in [0.717, 1.165) is 25.1 Å². The van der Waals surface area contributed by atoms with Crippen LogP contribution in [0.1, 0.15) is 44.7 Å². The summed E-state index contributed by atoms with van der Waals surface area (Å²) >= 11 is 0. The molecule has 110 valence electrons. The van der Waals surface area contributed by atoms with E-state index in [2.05, 4.69) is 17.1 Å². The van der Waals surface area contributed by atoms with Crippen LogP contribution >= 0.6 is 0 Å². The van der Waals surface area contributed by atoms with E-state index in [0.29, 0.717) is 17.6 Å². The fourth-order valence-corrected chi connectivity index (χ4v) is 3.39. The van der Waals surface area contributed by atoms with Gasteiger partial charge in [-0.1, -0.05) is 6.07 Å². The van der Waals surface area contributed by atoms with E-state index in [-0.39, 0.29) is 6.04 Å². The summed E-state index contributed by atoms with van der Waals surface area (Å²) in [6, 6.07) is 5.50. The van der Waals surface area contributed by atoms with Crippen LogP contribution in [0.5, 0.6) is 0 Å². The van der Waals surface area contributed by atoms with Crippen LogP contribution in [0.15, 0.2) is 18.2 Å². The Labute approximate surface area is 119 Å². The summed E-state index contributed by atoms with van der Waals surface area (Å²) in [5, 5.41) is 3.49. The molecule has 1 N–H and O–H groups in total. The van der Waals surface area contributed by atoms with E-state index < -0.39 is 11.6 Å². The average Bonchev–Trinajstić information content (AvgIpc) is 3.14. The van der Waals surface area contributed by atoms with Crippen LogP contribution in [0.2, 0.25) is 0 Å². The van der Waals surface area contributed by atoms with Crippen molar-refractivity contribution in [3.8, 4) is 0 Å². The average molecular weight is 280 g/mol. The van der Waals surface area contributed by atoms with Crippen molar-refractivity contribution in [1.82, 2.24) is 10.2 Å². The zero-order valence-corrected chi connectivity index (χ0v) is 12.1. The SMILES string of the molecule is CC(NC1CC(C)N(C2CC2)C1)c1ccc(F)cc1F. The van der Waals surface area contributed by atoms with Crippen LogP contribution in [0.3, 0.4) is 0 Å². The molecule has 1 saturated carbocycles. The summed E-state index contributed by atoms with van der Waals surface area (Å²) < 4.78 is 26.7. The van der Waals surface area contributed by atoms with Gasteiger partial charge in [-0.25, -0.2) is 8.78 Å². The molecule has 3 rings (SSSR count). The Bertz CT molecular complexity index is 487. The van der Waals surface area contributed by atoms with Gasteiger partial charge in [-0.2, -0.15) is 0 Å². The minimum absolute atomic E-state index is 0.0908. The van der Waals surface area contributed by atoms with Gasteiger partial charge in [0, 0.05) is 42.3 Å². The molecule has 1 aromatic carbocycles. The minimum atomic E-state index is -0.521. The van der Waals surface area contributed by atoms with Gasteiger partial charge in [-0.05, 0) is 39.2 Å². The number of nitrogens with one attached hydrogen (secondary N) is 1. The van der Waals surface area contributed by atoms with Gasteiger partial charge in [-0.3, -0.25) is 4.90 Å². The lowest BCUT2D eigenvalue weighted by Gasteiger charge is -2.21. The molecule has 1 heterocycles. The van der Waals surface area contributed by atoms with E-state index in [1.807, 2.05) is 6.92 Å². The van der Waals surface area contributed by atoms with Crippen molar-refractivity contribution in [2.75, 3.05) is 6.54 Å². The maximum atomic E-state index is 13.8.